The highest BCUT2D eigenvalue weighted by Gasteiger charge is 2.31. The molecule has 128 valence electrons. The molecule has 0 bridgehead atoms. The third-order valence-electron chi connectivity index (χ3n) is 2.07. The molecule has 0 fully saturated rings. The lowest BCUT2D eigenvalue weighted by Gasteiger charge is -2.10. The number of allylic oxidation sites excluding steroid dienone is 3. The number of aliphatic carboxylic acids is 1. The zero-order valence-electron chi connectivity index (χ0n) is 12.0. The Morgan fingerprint density at radius 3 is 2.35 bits per heavy atom. The number of nitrogens with zero attached hydrogens (tertiary/aromatic N) is 1. The molecular formula is C12H13F3N2O6. The zero-order chi connectivity index (χ0) is 18.2. The summed E-state index contributed by atoms with van der Waals surface area (Å²) < 4.78 is 39.9. The summed E-state index contributed by atoms with van der Waals surface area (Å²) >= 11 is 0. The van der Waals surface area contributed by atoms with Gasteiger partial charge in [0.15, 0.2) is 0 Å². The first-order chi connectivity index (χ1) is 10.5. The van der Waals surface area contributed by atoms with Gasteiger partial charge in [0.2, 0.25) is 0 Å². The van der Waals surface area contributed by atoms with Gasteiger partial charge in [-0.05, 0) is 19.9 Å². The third-order valence-corrected chi connectivity index (χ3v) is 2.07. The fourth-order valence-corrected chi connectivity index (χ4v) is 1.33. The fraction of sp³-hybridized carbons (Fsp3) is 0.333. The Balaban J connectivity index is 5.85. The van der Waals surface area contributed by atoms with Crippen LogP contribution in [-0.2, 0) is 14.3 Å². The highest BCUT2D eigenvalue weighted by molar-refractivity contribution is 5.98. The minimum atomic E-state index is -5.04. The van der Waals surface area contributed by atoms with Crippen LogP contribution in [0, 0.1) is 10.1 Å². The molecule has 0 aromatic heterocycles. The summed E-state index contributed by atoms with van der Waals surface area (Å²) in [7, 11) is 0. The SMILES string of the molecule is C/C=C/C(=C(\C=C(/C)OC(F)(F)F)C(=O)NCC(=O)O)[N+](=O)[O-]. The maximum Gasteiger partial charge on any atom is 0.572 e. The van der Waals surface area contributed by atoms with Crippen molar-refractivity contribution in [2.45, 2.75) is 20.2 Å². The van der Waals surface area contributed by atoms with Gasteiger partial charge in [0.1, 0.15) is 17.9 Å². The molecule has 0 saturated heterocycles. The Morgan fingerprint density at radius 1 is 1.39 bits per heavy atom. The van der Waals surface area contributed by atoms with Gasteiger partial charge in [0.25, 0.3) is 11.6 Å². The molecule has 0 unspecified atom stereocenters. The lowest BCUT2D eigenvalue weighted by Crippen LogP contribution is -2.31. The Morgan fingerprint density at radius 2 is 1.96 bits per heavy atom. The van der Waals surface area contributed by atoms with Gasteiger partial charge in [-0.15, -0.1) is 13.2 Å². The molecule has 0 heterocycles. The van der Waals surface area contributed by atoms with Crippen molar-refractivity contribution in [3.8, 4) is 0 Å². The minimum absolute atomic E-state index is 0.503. The van der Waals surface area contributed by atoms with Crippen LogP contribution in [0.4, 0.5) is 13.2 Å². The van der Waals surface area contributed by atoms with Crippen molar-refractivity contribution >= 4 is 11.9 Å². The second kappa shape index (κ2) is 8.56. The molecule has 8 nitrogen and oxygen atoms in total. The van der Waals surface area contributed by atoms with Crippen LogP contribution in [0.2, 0.25) is 0 Å². The fourth-order valence-electron chi connectivity index (χ4n) is 1.33. The van der Waals surface area contributed by atoms with E-state index in [-0.39, 0.29) is 0 Å². The monoisotopic (exact) mass is 338 g/mol. The van der Waals surface area contributed by atoms with E-state index in [4.69, 9.17) is 5.11 Å². The number of amides is 1. The van der Waals surface area contributed by atoms with E-state index >= 15 is 0 Å². The Kier molecular flexibility index (Phi) is 7.50. The third kappa shape index (κ3) is 8.24. The summed E-state index contributed by atoms with van der Waals surface area (Å²) in [4.78, 5) is 32.2. The molecule has 0 aliphatic carbocycles. The maximum absolute atomic E-state index is 12.1. The summed E-state index contributed by atoms with van der Waals surface area (Å²) in [6, 6.07) is 0. The summed E-state index contributed by atoms with van der Waals surface area (Å²) in [5.74, 6) is -3.50. The van der Waals surface area contributed by atoms with Crippen molar-refractivity contribution in [2.75, 3.05) is 6.54 Å². The van der Waals surface area contributed by atoms with Crippen LogP contribution in [0.15, 0.2) is 35.3 Å². The average Bonchev–Trinajstić information content (AvgIpc) is 2.37. The van der Waals surface area contributed by atoms with Crippen LogP contribution in [0.3, 0.4) is 0 Å². The molecule has 2 N–H and O–H groups in total. The highest BCUT2D eigenvalue weighted by Crippen LogP contribution is 2.22. The molecule has 1 amide bonds. The van der Waals surface area contributed by atoms with E-state index in [1.807, 2.05) is 5.32 Å². The average molecular weight is 338 g/mol. The van der Waals surface area contributed by atoms with Gasteiger partial charge in [-0.2, -0.15) is 0 Å². The van der Waals surface area contributed by atoms with E-state index in [0.29, 0.717) is 6.08 Å². The van der Waals surface area contributed by atoms with Crippen LogP contribution in [0.1, 0.15) is 13.8 Å². The highest BCUT2D eigenvalue weighted by atomic mass is 19.4. The van der Waals surface area contributed by atoms with Gasteiger partial charge in [0.05, 0.1) is 4.92 Å². The second-order valence-electron chi connectivity index (χ2n) is 3.94. The van der Waals surface area contributed by atoms with Crippen molar-refractivity contribution in [1.29, 1.82) is 0 Å². The maximum atomic E-state index is 12.1. The van der Waals surface area contributed by atoms with Crippen molar-refractivity contribution in [2.24, 2.45) is 0 Å². The van der Waals surface area contributed by atoms with Crippen molar-refractivity contribution in [3.63, 3.8) is 0 Å². The summed E-state index contributed by atoms with van der Waals surface area (Å²) in [6.07, 6.45) is -2.47. The minimum Gasteiger partial charge on any atom is -0.480 e. The molecule has 0 atom stereocenters. The van der Waals surface area contributed by atoms with Gasteiger partial charge in [-0.25, -0.2) is 0 Å². The number of carbonyl (C=O) groups excluding carboxylic acids is 1. The van der Waals surface area contributed by atoms with Gasteiger partial charge in [-0.3, -0.25) is 19.7 Å². The quantitative estimate of drug-likeness (QED) is 0.240. The number of nitro groups is 1. The van der Waals surface area contributed by atoms with E-state index in [1.54, 1.807) is 0 Å². The molecule has 0 aliphatic rings. The standard InChI is InChI=1S/C12H13F3N2O6/c1-3-4-9(17(21)22)8(11(20)16-6-10(18)19)5-7(2)23-12(13,14)15/h3-5H,6H2,1-2H3,(H,16,20)(H,18,19)/b4-3+,7-5+,9-8-. The number of carboxylic acid groups (broad SMARTS) is 1. The largest absolute Gasteiger partial charge is 0.572 e. The molecule has 0 aliphatic heterocycles. The molecule has 0 radical (unpaired) electrons. The summed E-state index contributed by atoms with van der Waals surface area (Å²) in [6.45, 7) is 1.36. The molecule has 0 aromatic carbocycles. The van der Waals surface area contributed by atoms with Gasteiger partial charge < -0.3 is 15.2 Å². The number of ether oxygens (including phenoxy) is 1. The van der Waals surface area contributed by atoms with Crippen LogP contribution >= 0.6 is 0 Å². The molecule has 11 heteroatoms. The van der Waals surface area contributed by atoms with E-state index in [1.165, 1.54) is 13.0 Å². The number of nitrogens with one attached hydrogen (secondary N) is 1. The normalized spacial score (nSPS) is 13.5. The Bertz CT molecular complexity index is 578. The van der Waals surface area contributed by atoms with Crippen LogP contribution in [0.5, 0.6) is 0 Å². The number of halogens is 3. The van der Waals surface area contributed by atoms with Gasteiger partial charge in [-0.1, -0.05) is 6.08 Å². The molecule has 0 aromatic rings. The van der Waals surface area contributed by atoms with Gasteiger partial charge >= 0.3 is 12.3 Å². The van der Waals surface area contributed by atoms with Crippen molar-refractivity contribution in [3.05, 3.63) is 45.4 Å². The van der Waals surface area contributed by atoms with Crippen LogP contribution < -0.4 is 5.32 Å². The number of alkyl halides is 3. The first kappa shape index (κ1) is 20.1. The number of carboxylic acids is 1. The number of hydrogen-bond donors (Lipinski definition) is 2. The first-order valence-corrected chi connectivity index (χ1v) is 5.93. The van der Waals surface area contributed by atoms with Crippen molar-refractivity contribution < 1.29 is 37.5 Å². The van der Waals surface area contributed by atoms with Gasteiger partial charge in [0, 0.05) is 6.08 Å². The predicted molar refractivity (Wildman–Crippen MR) is 70.4 cm³/mol. The number of carbonyl (C=O) groups is 2. The Labute approximate surface area is 128 Å². The van der Waals surface area contributed by atoms with E-state index in [0.717, 1.165) is 13.0 Å². The molecule has 23 heavy (non-hydrogen) atoms. The lowest BCUT2D eigenvalue weighted by atomic mass is 10.1. The predicted octanol–water partition coefficient (Wildman–Crippen LogP) is 1.73. The topological polar surface area (TPSA) is 119 Å². The van der Waals surface area contributed by atoms with Crippen LogP contribution in [0.25, 0.3) is 0 Å². The Hall–Kier alpha value is -2.85. The zero-order valence-corrected chi connectivity index (χ0v) is 12.0. The molecule has 0 spiro atoms. The molecule has 0 saturated carbocycles. The first-order valence-electron chi connectivity index (χ1n) is 5.93. The van der Waals surface area contributed by atoms with E-state index < -0.39 is 46.7 Å². The lowest BCUT2D eigenvalue weighted by molar-refractivity contribution is -0.419. The second-order valence-corrected chi connectivity index (χ2v) is 3.94. The number of hydrogen-bond acceptors (Lipinski definition) is 5. The smallest absolute Gasteiger partial charge is 0.480 e. The molecular weight excluding hydrogens is 325 g/mol. The summed E-state index contributed by atoms with van der Waals surface area (Å²) in [5, 5.41) is 21.2. The van der Waals surface area contributed by atoms with Crippen LogP contribution in [-0.4, -0.2) is 34.8 Å². The molecule has 0 rings (SSSR count). The van der Waals surface area contributed by atoms with E-state index in [2.05, 4.69) is 4.74 Å². The number of rotatable bonds is 7. The van der Waals surface area contributed by atoms with E-state index in [9.17, 15) is 32.9 Å². The summed E-state index contributed by atoms with van der Waals surface area (Å²) in [5.41, 5.74) is -1.60. The van der Waals surface area contributed by atoms with Crippen molar-refractivity contribution in [1.82, 2.24) is 5.32 Å².